The van der Waals surface area contributed by atoms with Crippen LogP contribution in [0.15, 0.2) is 35.1 Å². The maximum Gasteiger partial charge on any atom is 0.279 e. The van der Waals surface area contributed by atoms with E-state index in [4.69, 9.17) is 0 Å². The number of carbonyl (C=O) groups is 2. The number of thiophene rings is 1. The number of hydrazine groups is 1. The summed E-state index contributed by atoms with van der Waals surface area (Å²) in [5, 5.41) is 0.547. The summed E-state index contributed by atoms with van der Waals surface area (Å²) in [5.41, 5.74) is 7.00. The Morgan fingerprint density at radius 3 is 2.79 bits per heavy atom. The largest absolute Gasteiger partial charge is 0.310 e. The van der Waals surface area contributed by atoms with Crippen molar-refractivity contribution in [3.05, 3.63) is 61.8 Å². The number of aromatic nitrogens is 2. The molecule has 1 aliphatic rings. The van der Waals surface area contributed by atoms with Gasteiger partial charge >= 0.3 is 0 Å². The predicted molar refractivity (Wildman–Crippen MR) is 130 cm³/mol. The number of carbonyl (C=O) groups excluding carboxylic acids is 2. The summed E-state index contributed by atoms with van der Waals surface area (Å²) in [6.07, 6.45) is 4.34. The first-order valence-electron chi connectivity index (χ1n) is 11.4. The topological polar surface area (TPSA) is 104 Å². The molecule has 1 aromatic carbocycles. The van der Waals surface area contributed by atoms with Gasteiger partial charge in [-0.25, -0.2) is 4.98 Å². The van der Waals surface area contributed by atoms with Gasteiger partial charge in [0.15, 0.2) is 0 Å². The monoisotopic (exact) mass is 466 g/mol. The van der Waals surface area contributed by atoms with Crippen molar-refractivity contribution in [1.29, 1.82) is 0 Å². The van der Waals surface area contributed by atoms with Gasteiger partial charge in [-0.1, -0.05) is 32.9 Å². The minimum Gasteiger partial charge on any atom is -0.310 e. The third kappa shape index (κ3) is 5.50. The number of rotatable bonds is 5. The molecule has 3 aromatic rings. The molecule has 0 saturated carbocycles. The quantitative estimate of drug-likeness (QED) is 0.496. The van der Waals surface area contributed by atoms with Crippen LogP contribution in [0.2, 0.25) is 0 Å². The molecule has 0 saturated heterocycles. The molecular weight excluding hydrogens is 436 g/mol. The van der Waals surface area contributed by atoms with Crippen LogP contribution in [-0.4, -0.2) is 21.8 Å². The van der Waals surface area contributed by atoms with Crippen LogP contribution in [0.5, 0.6) is 0 Å². The Bertz CT molecular complexity index is 1240. The van der Waals surface area contributed by atoms with Gasteiger partial charge < -0.3 is 4.98 Å². The van der Waals surface area contributed by atoms with Gasteiger partial charge in [-0.15, -0.1) is 11.3 Å². The van der Waals surface area contributed by atoms with Crippen LogP contribution in [0.1, 0.15) is 66.0 Å². The second kappa shape index (κ2) is 9.47. The van der Waals surface area contributed by atoms with Crippen LogP contribution < -0.4 is 16.4 Å². The highest BCUT2D eigenvalue weighted by molar-refractivity contribution is 7.14. The van der Waals surface area contributed by atoms with Gasteiger partial charge in [0.25, 0.3) is 11.5 Å². The van der Waals surface area contributed by atoms with E-state index in [1.807, 2.05) is 12.1 Å². The van der Waals surface area contributed by atoms with Gasteiger partial charge in [-0.3, -0.25) is 25.2 Å². The second-order valence-electron chi connectivity index (χ2n) is 9.75. The van der Waals surface area contributed by atoms with E-state index in [0.717, 1.165) is 19.3 Å². The van der Waals surface area contributed by atoms with Gasteiger partial charge in [0, 0.05) is 17.7 Å². The molecule has 0 bridgehead atoms. The third-order valence-electron chi connectivity index (χ3n) is 6.33. The maximum atomic E-state index is 12.5. The second-order valence-corrected chi connectivity index (χ2v) is 10.9. The summed E-state index contributed by atoms with van der Waals surface area (Å²) in [4.78, 5) is 46.0. The molecular formula is C25H30N4O3S. The van der Waals surface area contributed by atoms with Crippen LogP contribution in [0, 0.1) is 11.3 Å². The Morgan fingerprint density at radius 1 is 1.21 bits per heavy atom. The molecule has 0 spiro atoms. The van der Waals surface area contributed by atoms with E-state index >= 15 is 0 Å². The van der Waals surface area contributed by atoms with Crippen LogP contribution in [0.3, 0.4) is 0 Å². The van der Waals surface area contributed by atoms with Gasteiger partial charge in [0.05, 0.1) is 15.8 Å². The number of nitrogens with one attached hydrogen (secondary N) is 3. The van der Waals surface area contributed by atoms with Crippen molar-refractivity contribution in [2.24, 2.45) is 11.3 Å². The van der Waals surface area contributed by atoms with Crippen molar-refractivity contribution in [2.75, 3.05) is 0 Å². The first-order chi connectivity index (χ1) is 15.7. The number of aromatic amines is 1. The van der Waals surface area contributed by atoms with E-state index in [1.54, 1.807) is 18.2 Å². The first kappa shape index (κ1) is 23.2. The van der Waals surface area contributed by atoms with Crippen molar-refractivity contribution in [2.45, 2.75) is 59.3 Å². The van der Waals surface area contributed by atoms with E-state index in [9.17, 15) is 14.4 Å². The van der Waals surface area contributed by atoms with Crippen molar-refractivity contribution < 1.29 is 9.59 Å². The number of benzene rings is 1. The lowest BCUT2D eigenvalue weighted by molar-refractivity contribution is -0.121. The Morgan fingerprint density at radius 2 is 2.00 bits per heavy atom. The number of para-hydroxylation sites is 1. The van der Waals surface area contributed by atoms with Crippen molar-refractivity contribution in [3.63, 3.8) is 0 Å². The van der Waals surface area contributed by atoms with Gasteiger partial charge in [0.2, 0.25) is 5.91 Å². The molecule has 0 fully saturated rings. The molecule has 2 aromatic heterocycles. The highest BCUT2D eigenvalue weighted by atomic mass is 32.1. The molecule has 0 radical (unpaired) electrons. The SMILES string of the molecule is CC(C)(C)C1CCc2sc(C(=O)NNC(=O)CCCc3nc4ccccc4c(=O)[nH]3)cc2C1. The van der Waals surface area contributed by atoms with Crippen molar-refractivity contribution in [3.8, 4) is 0 Å². The zero-order valence-electron chi connectivity index (χ0n) is 19.3. The van der Waals surface area contributed by atoms with Crippen LogP contribution in [-0.2, 0) is 24.1 Å². The van der Waals surface area contributed by atoms with Crippen LogP contribution >= 0.6 is 11.3 Å². The summed E-state index contributed by atoms with van der Waals surface area (Å²) in [6.45, 7) is 6.81. The van der Waals surface area contributed by atoms with Crippen molar-refractivity contribution >= 4 is 34.1 Å². The molecule has 0 aliphatic heterocycles. The fourth-order valence-corrected chi connectivity index (χ4v) is 5.40. The average Bonchev–Trinajstić information content (AvgIpc) is 3.20. The smallest absolute Gasteiger partial charge is 0.279 e. The van der Waals surface area contributed by atoms with E-state index in [-0.39, 0.29) is 29.2 Å². The zero-order chi connectivity index (χ0) is 23.6. The number of H-pyrrole nitrogens is 1. The summed E-state index contributed by atoms with van der Waals surface area (Å²) in [5.74, 6) is 0.603. The number of hydrogen-bond acceptors (Lipinski definition) is 5. The number of amides is 2. The molecule has 7 nitrogen and oxygen atoms in total. The first-order valence-corrected chi connectivity index (χ1v) is 12.2. The van der Waals surface area contributed by atoms with E-state index in [1.165, 1.54) is 21.8 Å². The number of aryl methyl sites for hydroxylation is 2. The average molecular weight is 467 g/mol. The Kier molecular flexibility index (Phi) is 6.65. The summed E-state index contributed by atoms with van der Waals surface area (Å²) in [6, 6.07) is 9.13. The normalized spacial score (nSPS) is 15.8. The maximum absolute atomic E-state index is 12.5. The molecule has 33 heavy (non-hydrogen) atoms. The highest BCUT2D eigenvalue weighted by Crippen LogP contribution is 2.40. The molecule has 8 heteroatoms. The molecule has 1 unspecified atom stereocenters. The predicted octanol–water partition coefficient (Wildman–Crippen LogP) is 3.92. The number of fused-ring (bicyclic) bond motifs is 2. The summed E-state index contributed by atoms with van der Waals surface area (Å²) < 4.78 is 0. The van der Waals surface area contributed by atoms with Crippen LogP contribution in [0.4, 0.5) is 0 Å². The lowest BCUT2D eigenvalue weighted by Gasteiger charge is -2.33. The van der Waals surface area contributed by atoms with Gasteiger partial charge in [0.1, 0.15) is 5.82 Å². The minimum atomic E-state index is -0.282. The van der Waals surface area contributed by atoms with Crippen molar-refractivity contribution in [1.82, 2.24) is 20.8 Å². The Labute approximate surface area is 197 Å². The molecule has 3 N–H and O–H groups in total. The Balaban J connectivity index is 1.26. The standard InChI is InChI=1S/C25H30N4O3S/c1-25(2,3)16-11-12-19-15(13-16)14-20(33-19)24(32)29-28-22(30)10-6-9-21-26-18-8-5-4-7-17(18)23(31)27-21/h4-5,7-8,14,16H,6,9-13H2,1-3H3,(H,28,30)(H,29,32)(H,26,27,31). The van der Waals surface area contributed by atoms with Crippen LogP contribution in [0.25, 0.3) is 10.9 Å². The minimum absolute atomic E-state index is 0.181. The van der Waals surface area contributed by atoms with E-state index in [0.29, 0.717) is 40.4 Å². The summed E-state index contributed by atoms with van der Waals surface area (Å²) >= 11 is 1.52. The lowest BCUT2D eigenvalue weighted by atomic mass is 9.72. The Hall–Kier alpha value is -3.00. The molecule has 2 heterocycles. The van der Waals surface area contributed by atoms with E-state index < -0.39 is 0 Å². The number of nitrogens with zero attached hydrogens (tertiary/aromatic N) is 1. The van der Waals surface area contributed by atoms with E-state index in [2.05, 4.69) is 41.6 Å². The highest BCUT2D eigenvalue weighted by Gasteiger charge is 2.30. The molecule has 4 rings (SSSR count). The third-order valence-corrected chi connectivity index (χ3v) is 7.56. The van der Waals surface area contributed by atoms with Gasteiger partial charge in [-0.05, 0) is 60.8 Å². The van der Waals surface area contributed by atoms with Gasteiger partial charge in [-0.2, -0.15) is 0 Å². The molecule has 2 amide bonds. The fraction of sp³-hybridized carbons (Fsp3) is 0.440. The summed E-state index contributed by atoms with van der Waals surface area (Å²) in [7, 11) is 0. The molecule has 1 aliphatic carbocycles. The lowest BCUT2D eigenvalue weighted by Crippen LogP contribution is -2.41. The molecule has 1 atom stereocenters. The number of hydrogen-bond donors (Lipinski definition) is 3. The fourth-order valence-electron chi connectivity index (χ4n) is 4.30. The zero-order valence-corrected chi connectivity index (χ0v) is 20.1. The molecule has 174 valence electrons.